The normalized spacial score (nSPS) is 10.3. The fraction of sp³-hybridized carbons (Fsp3) is 0.231. The molecule has 0 spiro atoms. The Bertz CT molecular complexity index is 612. The van der Waals surface area contributed by atoms with Gasteiger partial charge < -0.3 is 5.32 Å². The van der Waals surface area contributed by atoms with Crippen LogP contribution < -0.4 is 10.6 Å². The van der Waals surface area contributed by atoms with Crippen LogP contribution in [-0.2, 0) is 6.42 Å². The number of aromatic nitrogens is 2. The number of rotatable bonds is 4. The van der Waals surface area contributed by atoms with Crippen molar-refractivity contribution in [2.45, 2.75) is 19.8 Å². The highest BCUT2D eigenvalue weighted by Crippen LogP contribution is 2.15. The van der Waals surface area contributed by atoms with E-state index in [9.17, 15) is 13.6 Å². The molecule has 0 saturated carbocycles. The number of benzene rings is 1. The van der Waals surface area contributed by atoms with Crippen molar-refractivity contribution in [3.63, 3.8) is 0 Å². The Morgan fingerprint density at radius 1 is 1.30 bits per heavy atom. The molecule has 0 unspecified atom stereocenters. The lowest BCUT2D eigenvalue weighted by molar-refractivity contribution is 0.262. The molecule has 3 N–H and O–H groups in total. The largest absolute Gasteiger partial charge is 0.324 e. The summed E-state index contributed by atoms with van der Waals surface area (Å²) in [6, 6.07) is 3.96. The Labute approximate surface area is 114 Å². The summed E-state index contributed by atoms with van der Waals surface area (Å²) in [6.45, 7) is 2.03. The van der Waals surface area contributed by atoms with Crippen LogP contribution in [0.25, 0.3) is 0 Å². The Hall–Kier alpha value is -2.44. The number of nitrogens with zero attached hydrogens (tertiary/aromatic N) is 1. The molecule has 0 atom stereocenters. The van der Waals surface area contributed by atoms with Gasteiger partial charge in [-0.25, -0.2) is 13.6 Å². The molecule has 1 aromatic carbocycles. The first-order valence-electron chi connectivity index (χ1n) is 6.16. The van der Waals surface area contributed by atoms with Crippen LogP contribution in [0.2, 0.25) is 0 Å². The lowest BCUT2D eigenvalue weighted by atomic mass is 10.2. The minimum Gasteiger partial charge on any atom is -0.305 e. The molecular weight excluding hydrogens is 266 g/mol. The van der Waals surface area contributed by atoms with Gasteiger partial charge in [0.2, 0.25) is 0 Å². The topological polar surface area (TPSA) is 69.8 Å². The summed E-state index contributed by atoms with van der Waals surface area (Å²) >= 11 is 0. The minimum atomic E-state index is -0.839. The van der Waals surface area contributed by atoms with Gasteiger partial charge in [-0.05, 0) is 18.6 Å². The van der Waals surface area contributed by atoms with Crippen LogP contribution in [0.15, 0.2) is 24.3 Å². The zero-order chi connectivity index (χ0) is 14.5. The molecule has 0 bridgehead atoms. The molecule has 2 rings (SSSR count). The molecule has 0 radical (unpaired) electrons. The summed E-state index contributed by atoms with van der Waals surface area (Å²) in [6.07, 6.45) is 1.78. The second kappa shape index (κ2) is 6.14. The van der Waals surface area contributed by atoms with Crippen molar-refractivity contribution in [3.8, 4) is 0 Å². The summed E-state index contributed by atoms with van der Waals surface area (Å²) in [5.41, 5.74) is 0.795. The van der Waals surface area contributed by atoms with Gasteiger partial charge in [0.15, 0.2) is 5.82 Å². The molecule has 0 aliphatic rings. The van der Waals surface area contributed by atoms with E-state index < -0.39 is 17.7 Å². The predicted molar refractivity (Wildman–Crippen MR) is 71.6 cm³/mol. The molecule has 1 heterocycles. The molecule has 2 aromatic rings. The van der Waals surface area contributed by atoms with Gasteiger partial charge in [-0.2, -0.15) is 5.10 Å². The summed E-state index contributed by atoms with van der Waals surface area (Å²) in [5.74, 6) is -1.20. The standard InChI is InChI=1S/C13H14F2N4O/c1-2-3-9-7-12(19-18-9)17-13(20)16-11-5-4-8(14)6-10(11)15/h4-7H,2-3H2,1H3,(H3,16,17,18,19,20). The maximum atomic E-state index is 13.3. The Morgan fingerprint density at radius 2 is 2.10 bits per heavy atom. The van der Waals surface area contributed by atoms with E-state index in [1.165, 1.54) is 0 Å². The van der Waals surface area contributed by atoms with Crippen LogP contribution in [0.5, 0.6) is 0 Å². The molecule has 0 aliphatic heterocycles. The summed E-state index contributed by atoms with van der Waals surface area (Å²) in [5, 5.41) is 11.4. The number of hydrogen-bond donors (Lipinski definition) is 3. The highest BCUT2D eigenvalue weighted by molar-refractivity contribution is 5.99. The molecule has 0 saturated heterocycles. The second-order valence-electron chi connectivity index (χ2n) is 4.23. The molecular formula is C13H14F2N4O. The van der Waals surface area contributed by atoms with Crippen LogP contribution in [0.3, 0.4) is 0 Å². The Balaban J connectivity index is 1.97. The zero-order valence-corrected chi connectivity index (χ0v) is 10.8. The number of amides is 2. The van der Waals surface area contributed by atoms with Crippen molar-refractivity contribution in [1.29, 1.82) is 0 Å². The molecule has 2 amide bonds. The number of nitrogens with one attached hydrogen (secondary N) is 3. The molecule has 106 valence electrons. The van der Waals surface area contributed by atoms with Crippen molar-refractivity contribution in [3.05, 3.63) is 41.6 Å². The first-order chi connectivity index (χ1) is 9.58. The third-order valence-electron chi connectivity index (χ3n) is 2.57. The first kappa shape index (κ1) is 14.0. The van der Waals surface area contributed by atoms with E-state index in [2.05, 4.69) is 20.8 Å². The molecule has 1 aromatic heterocycles. The van der Waals surface area contributed by atoms with Crippen molar-refractivity contribution < 1.29 is 13.6 Å². The molecule has 20 heavy (non-hydrogen) atoms. The number of carbonyl (C=O) groups is 1. The van der Waals surface area contributed by atoms with E-state index in [1.54, 1.807) is 6.07 Å². The lowest BCUT2D eigenvalue weighted by Gasteiger charge is -2.06. The number of aromatic amines is 1. The van der Waals surface area contributed by atoms with Crippen LogP contribution in [0.1, 0.15) is 19.0 Å². The summed E-state index contributed by atoms with van der Waals surface area (Å²) in [4.78, 5) is 11.6. The number of hydrogen-bond acceptors (Lipinski definition) is 2. The molecule has 0 fully saturated rings. The van der Waals surface area contributed by atoms with Crippen LogP contribution in [0, 0.1) is 11.6 Å². The van der Waals surface area contributed by atoms with Gasteiger partial charge in [-0.1, -0.05) is 13.3 Å². The number of aryl methyl sites for hydroxylation is 1. The van der Waals surface area contributed by atoms with E-state index in [0.29, 0.717) is 11.9 Å². The Morgan fingerprint density at radius 3 is 2.80 bits per heavy atom. The first-order valence-corrected chi connectivity index (χ1v) is 6.16. The maximum absolute atomic E-state index is 13.3. The van der Waals surface area contributed by atoms with Gasteiger partial charge in [0, 0.05) is 17.8 Å². The predicted octanol–water partition coefficient (Wildman–Crippen LogP) is 3.28. The van der Waals surface area contributed by atoms with Gasteiger partial charge in [0.05, 0.1) is 5.69 Å². The summed E-state index contributed by atoms with van der Waals surface area (Å²) < 4.78 is 26.1. The number of urea groups is 1. The smallest absolute Gasteiger partial charge is 0.305 e. The van der Waals surface area contributed by atoms with Gasteiger partial charge in [0.1, 0.15) is 11.6 Å². The fourth-order valence-corrected chi connectivity index (χ4v) is 1.68. The van der Waals surface area contributed by atoms with Crippen molar-refractivity contribution >= 4 is 17.5 Å². The third kappa shape index (κ3) is 3.53. The van der Waals surface area contributed by atoms with Crippen LogP contribution in [0.4, 0.5) is 25.1 Å². The molecule has 0 aliphatic carbocycles. The van der Waals surface area contributed by atoms with Gasteiger partial charge in [-0.3, -0.25) is 10.4 Å². The highest BCUT2D eigenvalue weighted by atomic mass is 19.1. The number of anilines is 2. The SMILES string of the molecule is CCCc1cc(NC(=O)Nc2ccc(F)cc2F)n[nH]1. The average molecular weight is 280 g/mol. The third-order valence-corrected chi connectivity index (χ3v) is 2.57. The molecule has 5 nitrogen and oxygen atoms in total. The Kier molecular flexibility index (Phi) is 4.29. The van der Waals surface area contributed by atoms with Crippen molar-refractivity contribution in [2.24, 2.45) is 0 Å². The molecule has 7 heteroatoms. The van der Waals surface area contributed by atoms with Gasteiger partial charge in [0.25, 0.3) is 0 Å². The number of carbonyl (C=O) groups excluding carboxylic acids is 1. The van der Waals surface area contributed by atoms with E-state index in [1.807, 2.05) is 6.92 Å². The van der Waals surface area contributed by atoms with E-state index in [0.717, 1.165) is 30.7 Å². The van der Waals surface area contributed by atoms with Crippen LogP contribution in [-0.4, -0.2) is 16.2 Å². The van der Waals surface area contributed by atoms with Crippen molar-refractivity contribution in [1.82, 2.24) is 10.2 Å². The average Bonchev–Trinajstić information content (AvgIpc) is 2.81. The van der Waals surface area contributed by atoms with Gasteiger partial charge >= 0.3 is 6.03 Å². The number of H-pyrrole nitrogens is 1. The van der Waals surface area contributed by atoms with Gasteiger partial charge in [-0.15, -0.1) is 0 Å². The second-order valence-corrected chi connectivity index (χ2v) is 4.23. The van der Waals surface area contributed by atoms with E-state index >= 15 is 0 Å². The minimum absolute atomic E-state index is 0.104. The quantitative estimate of drug-likeness (QED) is 0.804. The lowest BCUT2D eigenvalue weighted by Crippen LogP contribution is -2.20. The maximum Gasteiger partial charge on any atom is 0.324 e. The summed E-state index contributed by atoms with van der Waals surface area (Å²) in [7, 11) is 0. The zero-order valence-electron chi connectivity index (χ0n) is 10.8. The van der Waals surface area contributed by atoms with E-state index in [-0.39, 0.29) is 5.69 Å². The number of halogens is 2. The van der Waals surface area contributed by atoms with Crippen molar-refractivity contribution in [2.75, 3.05) is 10.6 Å². The van der Waals surface area contributed by atoms with Crippen LogP contribution >= 0.6 is 0 Å². The fourth-order valence-electron chi connectivity index (χ4n) is 1.68. The monoisotopic (exact) mass is 280 g/mol. The van der Waals surface area contributed by atoms with E-state index in [4.69, 9.17) is 0 Å². The highest BCUT2D eigenvalue weighted by Gasteiger charge is 2.09.